The van der Waals surface area contributed by atoms with Crippen LogP contribution in [0.3, 0.4) is 0 Å². The summed E-state index contributed by atoms with van der Waals surface area (Å²) in [5.74, 6) is 0.898. The number of nitrogens with one attached hydrogen (secondary N) is 1. The molecule has 0 bridgehead atoms. The summed E-state index contributed by atoms with van der Waals surface area (Å²) < 4.78 is 0. The Labute approximate surface area is 160 Å². The van der Waals surface area contributed by atoms with Gasteiger partial charge in [0, 0.05) is 31.2 Å². The minimum atomic E-state index is 0.425. The van der Waals surface area contributed by atoms with E-state index in [2.05, 4.69) is 89.0 Å². The molecule has 1 unspecified atom stereocenters. The first-order valence-corrected chi connectivity index (χ1v) is 9.44. The molecule has 1 N–H and O–H groups in total. The Morgan fingerprint density at radius 2 is 1.81 bits per heavy atom. The molecule has 1 saturated heterocycles. The fourth-order valence-corrected chi connectivity index (χ4v) is 3.78. The molecular formula is C23H25N3O. The molecule has 1 aliphatic rings. The molecule has 0 aromatic heterocycles. The van der Waals surface area contributed by atoms with Gasteiger partial charge in [-0.05, 0) is 34.9 Å². The summed E-state index contributed by atoms with van der Waals surface area (Å²) in [6.45, 7) is 4.97. The molecule has 1 aliphatic heterocycles. The fraction of sp³-hybridized carbons (Fsp3) is 0.261. The molecule has 4 rings (SSSR count). The molecule has 138 valence electrons. The maximum absolute atomic E-state index is 5.23. The third kappa shape index (κ3) is 3.67. The first kappa shape index (κ1) is 17.6. The lowest BCUT2D eigenvalue weighted by Gasteiger charge is -2.34. The van der Waals surface area contributed by atoms with Crippen LogP contribution in [-0.2, 0) is 4.84 Å². The molecule has 3 aromatic carbocycles. The van der Waals surface area contributed by atoms with Crippen molar-refractivity contribution in [1.29, 1.82) is 0 Å². The Hall–Kier alpha value is -2.85. The van der Waals surface area contributed by atoms with Crippen LogP contribution < -0.4 is 5.32 Å². The van der Waals surface area contributed by atoms with Gasteiger partial charge in [-0.1, -0.05) is 65.8 Å². The zero-order chi connectivity index (χ0) is 18.6. The number of fused-ring (bicyclic) bond motifs is 1. The number of amidine groups is 1. The summed E-state index contributed by atoms with van der Waals surface area (Å²) in [4.78, 5) is 7.54. The molecule has 0 spiro atoms. The highest BCUT2D eigenvalue weighted by atomic mass is 16.6. The van der Waals surface area contributed by atoms with Crippen LogP contribution in [0.5, 0.6) is 0 Å². The summed E-state index contributed by atoms with van der Waals surface area (Å²) in [6, 6.07) is 23.9. The standard InChI is InChI=1S/C23H25N3O/c1-17-16-26(14-13-24-17)23(25-27-2)22-10-6-5-9-21(22)20-12-11-18-7-3-4-8-19(18)15-20/h3-12,15,17,24H,13-14,16H2,1-2H3/b25-23-. The smallest absolute Gasteiger partial charge is 0.176 e. The van der Waals surface area contributed by atoms with Gasteiger partial charge in [0.15, 0.2) is 5.84 Å². The van der Waals surface area contributed by atoms with Crippen LogP contribution >= 0.6 is 0 Å². The molecule has 3 aromatic rings. The third-order valence-corrected chi connectivity index (χ3v) is 5.07. The van der Waals surface area contributed by atoms with Gasteiger partial charge in [-0.15, -0.1) is 0 Å². The number of hydrogen-bond donors (Lipinski definition) is 1. The van der Waals surface area contributed by atoms with Gasteiger partial charge in [-0.3, -0.25) is 0 Å². The number of rotatable bonds is 3. The van der Waals surface area contributed by atoms with Crippen LogP contribution in [-0.4, -0.2) is 43.5 Å². The van der Waals surface area contributed by atoms with Gasteiger partial charge >= 0.3 is 0 Å². The lowest BCUT2D eigenvalue weighted by Crippen LogP contribution is -2.51. The Morgan fingerprint density at radius 3 is 2.63 bits per heavy atom. The molecule has 4 nitrogen and oxygen atoms in total. The van der Waals surface area contributed by atoms with Gasteiger partial charge in [0.2, 0.25) is 0 Å². The maximum Gasteiger partial charge on any atom is 0.176 e. The minimum Gasteiger partial charge on any atom is -0.397 e. The van der Waals surface area contributed by atoms with Crippen molar-refractivity contribution in [2.75, 3.05) is 26.7 Å². The molecule has 27 heavy (non-hydrogen) atoms. The molecular weight excluding hydrogens is 334 g/mol. The van der Waals surface area contributed by atoms with Crippen molar-refractivity contribution in [3.05, 3.63) is 72.3 Å². The lowest BCUT2D eigenvalue weighted by molar-refractivity contribution is 0.201. The van der Waals surface area contributed by atoms with E-state index in [1.54, 1.807) is 7.11 Å². The third-order valence-electron chi connectivity index (χ3n) is 5.07. The first-order valence-electron chi connectivity index (χ1n) is 9.44. The van der Waals surface area contributed by atoms with Crippen LogP contribution in [0.1, 0.15) is 12.5 Å². The van der Waals surface area contributed by atoms with Crippen LogP contribution in [0.25, 0.3) is 21.9 Å². The first-order chi connectivity index (χ1) is 13.3. The molecule has 4 heteroatoms. The van der Waals surface area contributed by atoms with Gasteiger partial charge in [-0.2, -0.15) is 0 Å². The average Bonchev–Trinajstić information content (AvgIpc) is 2.72. The Balaban J connectivity index is 1.79. The molecule has 1 fully saturated rings. The average molecular weight is 359 g/mol. The SMILES string of the molecule is CO/N=C(/c1ccccc1-c1ccc2ccccc2c1)N1CCNC(C)C1. The molecule has 0 saturated carbocycles. The van der Waals surface area contributed by atoms with Crippen molar-refractivity contribution >= 4 is 16.6 Å². The lowest BCUT2D eigenvalue weighted by atomic mass is 9.96. The Kier molecular flexibility index (Phi) is 5.07. The van der Waals surface area contributed by atoms with Crippen molar-refractivity contribution in [2.45, 2.75) is 13.0 Å². The maximum atomic E-state index is 5.23. The highest BCUT2D eigenvalue weighted by Crippen LogP contribution is 2.28. The number of nitrogens with zero attached hydrogens (tertiary/aromatic N) is 2. The van der Waals surface area contributed by atoms with Crippen LogP contribution in [0.15, 0.2) is 71.9 Å². The molecule has 1 heterocycles. The second-order valence-electron chi connectivity index (χ2n) is 7.01. The molecule has 0 radical (unpaired) electrons. The second-order valence-corrected chi connectivity index (χ2v) is 7.01. The van der Waals surface area contributed by atoms with Crippen molar-refractivity contribution in [1.82, 2.24) is 10.2 Å². The predicted octanol–water partition coefficient (Wildman–Crippen LogP) is 4.11. The van der Waals surface area contributed by atoms with Gasteiger partial charge in [-0.25, -0.2) is 0 Å². The molecule has 0 amide bonds. The van der Waals surface area contributed by atoms with E-state index in [0.717, 1.165) is 31.0 Å². The van der Waals surface area contributed by atoms with E-state index in [-0.39, 0.29) is 0 Å². The van der Waals surface area contributed by atoms with Gasteiger partial charge in [0.05, 0.1) is 0 Å². The largest absolute Gasteiger partial charge is 0.397 e. The normalized spacial score (nSPS) is 17.9. The van der Waals surface area contributed by atoms with E-state index < -0.39 is 0 Å². The summed E-state index contributed by atoms with van der Waals surface area (Å²) in [5, 5.41) is 10.4. The topological polar surface area (TPSA) is 36.9 Å². The van der Waals surface area contributed by atoms with E-state index in [1.807, 2.05) is 0 Å². The summed E-state index contributed by atoms with van der Waals surface area (Å²) >= 11 is 0. The Morgan fingerprint density at radius 1 is 1.04 bits per heavy atom. The second kappa shape index (κ2) is 7.80. The number of benzene rings is 3. The zero-order valence-corrected chi connectivity index (χ0v) is 15.9. The van der Waals surface area contributed by atoms with Gasteiger partial charge in [0.1, 0.15) is 7.11 Å². The summed E-state index contributed by atoms with van der Waals surface area (Å²) in [5.41, 5.74) is 3.46. The van der Waals surface area contributed by atoms with E-state index in [0.29, 0.717) is 6.04 Å². The van der Waals surface area contributed by atoms with Gasteiger partial charge < -0.3 is 15.1 Å². The minimum absolute atomic E-state index is 0.425. The molecule has 0 aliphatic carbocycles. The van der Waals surface area contributed by atoms with E-state index in [9.17, 15) is 0 Å². The van der Waals surface area contributed by atoms with Crippen LogP contribution in [0.4, 0.5) is 0 Å². The van der Waals surface area contributed by atoms with Crippen LogP contribution in [0.2, 0.25) is 0 Å². The van der Waals surface area contributed by atoms with E-state index in [4.69, 9.17) is 4.84 Å². The monoisotopic (exact) mass is 359 g/mol. The zero-order valence-electron chi connectivity index (χ0n) is 15.9. The van der Waals surface area contributed by atoms with Crippen molar-refractivity contribution in [3.63, 3.8) is 0 Å². The van der Waals surface area contributed by atoms with E-state index in [1.165, 1.54) is 21.9 Å². The predicted molar refractivity (Wildman–Crippen MR) is 112 cm³/mol. The number of piperazine rings is 1. The summed E-state index contributed by atoms with van der Waals surface area (Å²) in [7, 11) is 1.62. The fourth-order valence-electron chi connectivity index (χ4n) is 3.78. The molecule has 1 atom stereocenters. The van der Waals surface area contributed by atoms with Crippen molar-refractivity contribution in [3.8, 4) is 11.1 Å². The van der Waals surface area contributed by atoms with Crippen molar-refractivity contribution in [2.24, 2.45) is 5.16 Å². The number of hydrogen-bond acceptors (Lipinski definition) is 3. The number of oxime groups is 1. The van der Waals surface area contributed by atoms with E-state index >= 15 is 0 Å². The highest BCUT2D eigenvalue weighted by Gasteiger charge is 2.23. The Bertz CT molecular complexity index is 967. The van der Waals surface area contributed by atoms with Gasteiger partial charge in [0.25, 0.3) is 0 Å². The quantitative estimate of drug-likeness (QED) is 0.434. The van der Waals surface area contributed by atoms with Crippen molar-refractivity contribution < 1.29 is 4.84 Å². The summed E-state index contributed by atoms with van der Waals surface area (Å²) in [6.07, 6.45) is 0. The highest BCUT2D eigenvalue weighted by molar-refractivity contribution is 6.05. The van der Waals surface area contributed by atoms with Crippen LogP contribution in [0, 0.1) is 0 Å².